The van der Waals surface area contributed by atoms with Gasteiger partial charge in [0.2, 0.25) is 0 Å². The first-order valence-electron chi connectivity index (χ1n) is 7.68. The second-order valence-electron chi connectivity index (χ2n) is 6.75. The SMILES string of the molecule is CCNC1CC(C)CCC1C(C)(C)c1ccnn1C. The third-order valence-electron chi connectivity index (χ3n) is 4.99. The molecule has 1 fully saturated rings. The molecular weight excluding hydrogens is 234 g/mol. The standard InChI is InChI=1S/C16H29N3/c1-6-17-14-11-12(2)7-8-13(14)16(3,4)15-9-10-18-19(15)5/h9-10,12-14,17H,6-8,11H2,1-5H3. The van der Waals surface area contributed by atoms with Crippen molar-refractivity contribution in [2.24, 2.45) is 18.9 Å². The highest BCUT2D eigenvalue weighted by Crippen LogP contribution is 2.42. The van der Waals surface area contributed by atoms with Crippen molar-refractivity contribution in [1.82, 2.24) is 15.1 Å². The first kappa shape index (κ1) is 14.6. The van der Waals surface area contributed by atoms with Gasteiger partial charge in [0.15, 0.2) is 0 Å². The quantitative estimate of drug-likeness (QED) is 0.904. The lowest BCUT2D eigenvalue weighted by atomic mass is 9.65. The van der Waals surface area contributed by atoms with Gasteiger partial charge in [0.05, 0.1) is 0 Å². The van der Waals surface area contributed by atoms with Gasteiger partial charge in [0.25, 0.3) is 0 Å². The fraction of sp³-hybridized carbons (Fsp3) is 0.812. The minimum atomic E-state index is 0.179. The first-order chi connectivity index (χ1) is 8.96. The summed E-state index contributed by atoms with van der Waals surface area (Å²) in [5.41, 5.74) is 1.54. The number of nitrogens with one attached hydrogen (secondary N) is 1. The minimum absolute atomic E-state index is 0.179. The summed E-state index contributed by atoms with van der Waals surface area (Å²) in [7, 11) is 2.06. The van der Waals surface area contributed by atoms with Gasteiger partial charge in [-0.25, -0.2) is 0 Å². The van der Waals surface area contributed by atoms with Crippen LogP contribution in [0.15, 0.2) is 12.3 Å². The highest BCUT2D eigenvalue weighted by Gasteiger charge is 2.40. The van der Waals surface area contributed by atoms with Crippen LogP contribution in [0.2, 0.25) is 0 Å². The van der Waals surface area contributed by atoms with Crippen LogP contribution in [0.5, 0.6) is 0 Å². The molecule has 1 saturated carbocycles. The number of aryl methyl sites for hydroxylation is 1. The highest BCUT2D eigenvalue weighted by atomic mass is 15.3. The molecule has 108 valence electrons. The molecule has 0 aromatic carbocycles. The Labute approximate surface area is 117 Å². The summed E-state index contributed by atoms with van der Waals surface area (Å²) in [5.74, 6) is 1.54. The van der Waals surface area contributed by atoms with Gasteiger partial charge in [-0.15, -0.1) is 0 Å². The van der Waals surface area contributed by atoms with Crippen molar-refractivity contribution in [2.75, 3.05) is 6.54 Å². The molecule has 3 atom stereocenters. The van der Waals surface area contributed by atoms with Gasteiger partial charge >= 0.3 is 0 Å². The van der Waals surface area contributed by atoms with Gasteiger partial charge in [-0.05, 0) is 37.3 Å². The van der Waals surface area contributed by atoms with Crippen molar-refractivity contribution in [3.05, 3.63) is 18.0 Å². The summed E-state index contributed by atoms with van der Waals surface area (Å²) in [6.07, 6.45) is 5.90. The smallest absolute Gasteiger partial charge is 0.0492 e. The maximum atomic E-state index is 4.36. The zero-order valence-corrected chi connectivity index (χ0v) is 13.1. The number of nitrogens with zero attached hydrogens (tertiary/aromatic N) is 2. The molecule has 0 aliphatic heterocycles. The van der Waals surface area contributed by atoms with E-state index < -0.39 is 0 Å². The van der Waals surface area contributed by atoms with Crippen LogP contribution in [0.1, 0.15) is 52.7 Å². The molecule has 3 unspecified atom stereocenters. The summed E-state index contributed by atoms with van der Waals surface area (Å²) in [6, 6.07) is 2.82. The van der Waals surface area contributed by atoms with Gasteiger partial charge in [-0.3, -0.25) is 4.68 Å². The summed E-state index contributed by atoms with van der Waals surface area (Å²) >= 11 is 0. The second-order valence-corrected chi connectivity index (χ2v) is 6.75. The average molecular weight is 263 g/mol. The lowest BCUT2D eigenvalue weighted by Gasteiger charge is -2.44. The van der Waals surface area contributed by atoms with Gasteiger partial charge in [-0.1, -0.05) is 34.1 Å². The Morgan fingerprint density at radius 1 is 1.42 bits per heavy atom. The monoisotopic (exact) mass is 263 g/mol. The van der Waals surface area contributed by atoms with Gasteiger partial charge in [0.1, 0.15) is 0 Å². The Balaban J connectivity index is 2.24. The highest BCUT2D eigenvalue weighted by molar-refractivity contribution is 5.17. The van der Waals surface area contributed by atoms with Crippen LogP contribution in [-0.4, -0.2) is 22.4 Å². The Morgan fingerprint density at radius 2 is 2.16 bits per heavy atom. The van der Waals surface area contributed by atoms with Crippen molar-refractivity contribution in [3.8, 4) is 0 Å². The molecule has 0 saturated heterocycles. The molecule has 0 bridgehead atoms. The molecule has 3 nitrogen and oxygen atoms in total. The Kier molecular flexibility index (Phi) is 4.34. The summed E-state index contributed by atoms with van der Waals surface area (Å²) in [5, 5.41) is 8.08. The Hall–Kier alpha value is -0.830. The molecule has 1 heterocycles. The number of aromatic nitrogens is 2. The molecule has 1 aromatic rings. The molecule has 3 heteroatoms. The van der Waals surface area contributed by atoms with Gasteiger partial charge in [0, 0.05) is 30.4 Å². The first-order valence-corrected chi connectivity index (χ1v) is 7.68. The van der Waals surface area contributed by atoms with E-state index in [9.17, 15) is 0 Å². The maximum absolute atomic E-state index is 4.36. The zero-order chi connectivity index (χ0) is 14.0. The fourth-order valence-corrected chi connectivity index (χ4v) is 3.93. The summed E-state index contributed by atoms with van der Waals surface area (Å²) < 4.78 is 2.04. The lowest BCUT2D eigenvalue weighted by Crippen LogP contribution is -2.49. The molecule has 0 amide bonds. The van der Waals surface area contributed by atoms with E-state index in [0.29, 0.717) is 12.0 Å². The fourth-order valence-electron chi connectivity index (χ4n) is 3.93. The third-order valence-corrected chi connectivity index (χ3v) is 4.99. The molecule has 2 rings (SSSR count). The molecular formula is C16H29N3. The van der Waals surface area contributed by atoms with Crippen LogP contribution in [0.3, 0.4) is 0 Å². The normalized spacial score (nSPS) is 28.6. The number of rotatable bonds is 4. The van der Waals surface area contributed by atoms with E-state index in [-0.39, 0.29) is 5.41 Å². The zero-order valence-electron chi connectivity index (χ0n) is 13.1. The number of hydrogen-bond donors (Lipinski definition) is 1. The van der Waals surface area contributed by atoms with Crippen LogP contribution in [0.4, 0.5) is 0 Å². The van der Waals surface area contributed by atoms with Crippen LogP contribution >= 0.6 is 0 Å². The van der Waals surface area contributed by atoms with Crippen molar-refractivity contribution in [3.63, 3.8) is 0 Å². The predicted octanol–water partition coefficient (Wildman–Crippen LogP) is 3.11. The van der Waals surface area contributed by atoms with Crippen LogP contribution in [0.25, 0.3) is 0 Å². The van der Waals surface area contributed by atoms with E-state index in [4.69, 9.17) is 0 Å². The maximum Gasteiger partial charge on any atom is 0.0492 e. The molecule has 1 N–H and O–H groups in total. The van der Waals surface area contributed by atoms with Crippen molar-refractivity contribution >= 4 is 0 Å². The second kappa shape index (κ2) is 5.66. The van der Waals surface area contributed by atoms with Gasteiger partial charge < -0.3 is 5.32 Å². The lowest BCUT2D eigenvalue weighted by molar-refractivity contribution is 0.142. The van der Waals surface area contributed by atoms with E-state index in [2.05, 4.69) is 51.2 Å². The largest absolute Gasteiger partial charge is 0.314 e. The minimum Gasteiger partial charge on any atom is -0.314 e. The van der Waals surface area contributed by atoms with Crippen molar-refractivity contribution in [2.45, 2.75) is 58.4 Å². The molecule has 1 aromatic heterocycles. The van der Waals surface area contributed by atoms with Crippen molar-refractivity contribution < 1.29 is 0 Å². The molecule has 1 aliphatic rings. The van der Waals surface area contributed by atoms with E-state index in [1.54, 1.807) is 0 Å². The average Bonchev–Trinajstić information content (AvgIpc) is 2.76. The van der Waals surface area contributed by atoms with Crippen molar-refractivity contribution in [1.29, 1.82) is 0 Å². The Bertz CT molecular complexity index is 408. The van der Waals surface area contributed by atoms with E-state index in [1.807, 2.05) is 10.9 Å². The summed E-state index contributed by atoms with van der Waals surface area (Å²) in [6.45, 7) is 10.4. The van der Waals surface area contributed by atoms with E-state index in [1.165, 1.54) is 25.0 Å². The molecule has 0 radical (unpaired) electrons. The molecule has 1 aliphatic carbocycles. The topological polar surface area (TPSA) is 29.9 Å². The van der Waals surface area contributed by atoms with Gasteiger partial charge in [-0.2, -0.15) is 5.10 Å². The van der Waals surface area contributed by atoms with Crippen LogP contribution in [0, 0.1) is 11.8 Å². The van der Waals surface area contributed by atoms with Crippen LogP contribution in [-0.2, 0) is 12.5 Å². The van der Waals surface area contributed by atoms with E-state index in [0.717, 1.165) is 12.5 Å². The molecule has 0 spiro atoms. The van der Waals surface area contributed by atoms with Crippen LogP contribution < -0.4 is 5.32 Å². The van der Waals surface area contributed by atoms with E-state index >= 15 is 0 Å². The predicted molar refractivity (Wildman–Crippen MR) is 80.2 cm³/mol. The number of hydrogen-bond acceptors (Lipinski definition) is 2. The summed E-state index contributed by atoms with van der Waals surface area (Å²) in [4.78, 5) is 0. The third kappa shape index (κ3) is 2.86. The molecule has 19 heavy (non-hydrogen) atoms. The Morgan fingerprint density at radius 3 is 2.74 bits per heavy atom.